The van der Waals surface area contributed by atoms with Gasteiger partial charge < -0.3 is 20.8 Å². The molecule has 0 spiro atoms. The molecule has 1 aliphatic rings. The zero-order chi connectivity index (χ0) is 25.9. The first kappa shape index (κ1) is 24.9. The van der Waals surface area contributed by atoms with Gasteiger partial charge in [-0.25, -0.2) is 9.67 Å². The Morgan fingerprint density at radius 1 is 1.14 bits per heavy atom. The molecule has 0 bridgehead atoms. The number of rotatable bonds is 8. The van der Waals surface area contributed by atoms with E-state index >= 15 is 0 Å². The first-order valence-electron chi connectivity index (χ1n) is 12.8. The minimum atomic E-state index is -0.731. The molecule has 1 unspecified atom stereocenters. The highest BCUT2D eigenvalue weighted by atomic mass is 16.4. The third-order valence-electron chi connectivity index (χ3n) is 7.07. The van der Waals surface area contributed by atoms with Crippen LogP contribution in [0.4, 0.5) is 5.69 Å². The number of aliphatic hydroxyl groups is 1. The smallest absolute Gasteiger partial charge is 0.306 e. The van der Waals surface area contributed by atoms with Crippen LogP contribution in [0.15, 0.2) is 54.7 Å². The summed E-state index contributed by atoms with van der Waals surface area (Å²) in [6.07, 6.45) is 4.85. The molecule has 0 aliphatic carbocycles. The van der Waals surface area contributed by atoms with Gasteiger partial charge in [-0.05, 0) is 55.7 Å². The topological polar surface area (TPSA) is 130 Å². The summed E-state index contributed by atoms with van der Waals surface area (Å²) in [5.74, 6) is -0.437. The Labute approximate surface area is 215 Å². The number of hydrogen-bond donors (Lipinski definition) is 3. The van der Waals surface area contributed by atoms with E-state index in [9.17, 15) is 15.0 Å². The third kappa shape index (κ3) is 5.05. The number of fused-ring (bicyclic) bond motifs is 1. The van der Waals surface area contributed by atoms with Gasteiger partial charge in [-0.15, -0.1) is 0 Å². The van der Waals surface area contributed by atoms with Crippen LogP contribution in [0, 0.1) is 5.92 Å². The van der Waals surface area contributed by atoms with Crippen LogP contribution < -0.4 is 10.6 Å². The molecule has 1 atom stereocenters. The quantitative estimate of drug-likeness (QED) is 0.330. The lowest BCUT2D eigenvalue weighted by atomic mass is 9.96. The number of carboxylic acid groups (broad SMARTS) is 1. The van der Waals surface area contributed by atoms with Crippen molar-refractivity contribution in [2.45, 2.75) is 45.3 Å². The van der Waals surface area contributed by atoms with E-state index < -0.39 is 5.97 Å². The second kappa shape index (κ2) is 10.7. The first-order chi connectivity index (χ1) is 18.0. The number of aromatic nitrogens is 4. The average molecular weight is 501 g/mol. The fraction of sp³-hybridized carbons (Fsp3) is 0.357. The molecular formula is C28H32N6O3. The highest BCUT2D eigenvalue weighted by Crippen LogP contribution is 2.36. The van der Waals surface area contributed by atoms with Gasteiger partial charge >= 0.3 is 5.97 Å². The van der Waals surface area contributed by atoms with E-state index in [0.717, 1.165) is 46.4 Å². The second-order valence-corrected chi connectivity index (χ2v) is 9.57. The van der Waals surface area contributed by atoms with Crippen LogP contribution in [-0.4, -0.2) is 49.0 Å². The van der Waals surface area contributed by atoms with Crippen LogP contribution in [-0.2, 0) is 11.4 Å². The Hall–Kier alpha value is -3.82. The predicted molar refractivity (Wildman–Crippen MR) is 142 cm³/mol. The Morgan fingerprint density at radius 3 is 2.65 bits per heavy atom. The molecule has 1 fully saturated rings. The number of aliphatic hydroxyl groups excluding tert-OH is 1. The summed E-state index contributed by atoms with van der Waals surface area (Å²) in [4.78, 5) is 23.2. The van der Waals surface area contributed by atoms with Gasteiger partial charge in [0.2, 0.25) is 0 Å². The van der Waals surface area contributed by atoms with E-state index in [1.54, 1.807) is 10.7 Å². The highest BCUT2D eigenvalue weighted by molar-refractivity contribution is 5.96. The summed E-state index contributed by atoms with van der Waals surface area (Å²) in [6.45, 7) is 3.25. The molecule has 1 saturated heterocycles. The van der Waals surface area contributed by atoms with E-state index in [1.807, 2.05) is 36.5 Å². The van der Waals surface area contributed by atoms with E-state index in [1.165, 1.54) is 0 Å². The lowest BCUT2D eigenvalue weighted by Crippen LogP contribution is -2.36. The number of piperidine rings is 1. The fourth-order valence-electron chi connectivity index (χ4n) is 5.02. The molecule has 4 aromatic rings. The maximum Gasteiger partial charge on any atom is 0.306 e. The van der Waals surface area contributed by atoms with Crippen molar-refractivity contribution in [2.75, 3.05) is 18.0 Å². The highest BCUT2D eigenvalue weighted by Gasteiger charge is 2.26. The number of nitrogens with two attached hydrogens (primary N) is 1. The maximum absolute atomic E-state index is 11.5. The molecule has 9 heteroatoms. The van der Waals surface area contributed by atoms with Crippen molar-refractivity contribution >= 4 is 22.6 Å². The number of anilines is 1. The molecule has 4 heterocycles. The maximum atomic E-state index is 11.5. The number of nitrogens with zero attached hydrogens (tertiary/aromatic N) is 5. The lowest BCUT2D eigenvalue weighted by Gasteiger charge is -2.32. The summed E-state index contributed by atoms with van der Waals surface area (Å²) in [5, 5.41) is 24.7. The second-order valence-electron chi connectivity index (χ2n) is 9.57. The Kier molecular flexibility index (Phi) is 7.16. The van der Waals surface area contributed by atoms with Crippen molar-refractivity contribution in [1.82, 2.24) is 19.7 Å². The van der Waals surface area contributed by atoms with Crippen LogP contribution >= 0.6 is 0 Å². The van der Waals surface area contributed by atoms with Gasteiger partial charge in [0.25, 0.3) is 0 Å². The van der Waals surface area contributed by atoms with Crippen molar-refractivity contribution in [3.05, 3.63) is 66.1 Å². The van der Waals surface area contributed by atoms with Crippen LogP contribution in [0.3, 0.4) is 0 Å². The number of hydrogen-bond acceptors (Lipinski definition) is 7. The predicted octanol–water partition coefficient (Wildman–Crippen LogP) is 4.08. The van der Waals surface area contributed by atoms with E-state index in [2.05, 4.69) is 34.0 Å². The van der Waals surface area contributed by atoms with Crippen LogP contribution in [0.25, 0.3) is 28.0 Å². The van der Waals surface area contributed by atoms with Gasteiger partial charge in [0.15, 0.2) is 5.82 Å². The van der Waals surface area contributed by atoms with E-state index in [4.69, 9.17) is 10.7 Å². The molecule has 0 saturated carbocycles. The molecule has 37 heavy (non-hydrogen) atoms. The van der Waals surface area contributed by atoms with Gasteiger partial charge in [0.05, 0.1) is 41.3 Å². The van der Waals surface area contributed by atoms with Crippen molar-refractivity contribution in [2.24, 2.45) is 11.7 Å². The number of pyridine rings is 2. The Morgan fingerprint density at radius 2 is 1.92 bits per heavy atom. The van der Waals surface area contributed by atoms with Crippen molar-refractivity contribution in [3.8, 4) is 17.1 Å². The Bertz CT molecular complexity index is 1410. The first-order valence-corrected chi connectivity index (χ1v) is 12.8. The number of aliphatic carboxylic acids is 1. The number of benzene rings is 1. The normalized spacial score (nSPS) is 15.3. The van der Waals surface area contributed by atoms with Crippen LogP contribution in [0.1, 0.15) is 50.0 Å². The van der Waals surface area contributed by atoms with Gasteiger partial charge in [0, 0.05) is 35.8 Å². The summed E-state index contributed by atoms with van der Waals surface area (Å²) < 4.78 is 1.78. The van der Waals surface area contributed by atoms with Gasteiger partial charge in [-0.3, -0.25) is 9.78 Å². The fourth-order valence-corrected chi connectivity index (χ4v) is 5.02. The Balaban J connectivity index is 1.63. The minimum absolute atomic E-state index is 0.126. The molecule has 192 valence electrons. The largest absolute Gasteiger partial charge is 0.481 e. The van der Waals surface area contributed by atoms with Crippen molar-refractivity contribution < 1.29 is 15.0 Å². The number of carboxylic acids is 1. The average Bonchev–Trinajstić information content (AvgIpc) is 3.37. The molecule has 0 amide bonds. The molecule has 3 aromatic heterocycles. The summed E-state index contributed by atoms with van der Waals surface area (Å²) in [7, 11) is 0. The zero-order valence-corrected chi connectivity index (χ0v) is 20.9. The van der Waals surface area contributed by atoms with Gasteiger partial charge in [-0.2, -0.15) is 5.10 Å². The van der Waals surface area contributed by atoms with Gasteiger partial charge in [-0.1, -0.05) is 25.5 Å². The van der Waals surface area contributed by atoms with Crippen LogP contribution in [0.2, 0.25) is 0 Å². The zero-order valence-electron chi connectivity index (χ0n) is 20.9. The summed E-state index contributed by atoms with van der Waals surface area (Å²) in [6, 6.07) is 15.5. The molecule has 1 aliphatic heterocycles. The number of carbonyl (C=O) groups is 1. The van der Waals surface area contributed by atoms with Crippen LogP contribution in [0.5, 0.6) is 0 Å². The summed E-state index contributed by atoms with van der Waals surface area (Å²) in [5.41, 5.74) is 11.4. The lowest BCUT2D eigenvalue weighted by molar-refractivity contribution is -0.142. The van der Waals surface area contributed by atoms with E-state index in [0.29, 0.717) is 37.4 Å². The summed E-state index contributed by atoms with van der Waals surface area (Å²) >= 11 is 0. The van der Waals surface area contributed by atoms with Crippen molar-refractivity contribution in [1.29, 1.82) is 0 Å². The van der Waals surface area contributed by atoms with E-state index in [-0.39, 0.29) is 18.6 Å². The van der Waals surface area contributed by atoms with Crippen molar-refractivity contribution in [3.63, 3.8) is 0 Å². The monoisotopic (exact) mass is 500 g/mol. The molecule has 5 rings (SSSR count). The molecule has 0 radical (unpaired) electrons. The molecule has 9 nitrogen and oxygen atoms in total. The standard InChI is InChI=1S/C28H32N6O3/c1-2-5-22(29)24-8-4-7-23(32-24)19-14-25(33-12-10-18(11-13-33)28(36)37)21-16-30-34(26(21)15-19)27-9-3-6-20(17-35)31-27/h3-4,6-9,14-16,18,22,35H,2,5,10-13,17,29H2,1H3,(H,36,37). The SMILES string of the molecule is CCCC(N)c1cccc(-c2cc(N3CCC(C(=O)O)CC3)c3cnn(-c4cccc(CO)n4)c3c2)n1. The minimum Gasteiger partial charge on any atom is -0.481 e. The molecule has 4 N–H and O–H groups in total. The van der Waals surface area contributed by atoms with Gasteiger partial charge in [0.1, 0.15) is 0 Å². The molecular weight excluding hydrogens is 468 g/mol. The third-order valence-corrected chi connectivity index (χ3v) is 7.07. The molecule has 1 aromatic carbocycles.